The van der Waals surface area contributed by atoms with Gasteiger partial charge in [0.2, 0.25) is 15.9 Å². The van der Waals surface area contributed by atoms with Crippen molar-refractivity contribution in [2.75, 3.05) is 11.4 Å². The van der Waals surface area contributed by atoms with E-state index in [1.807, 2.05) is 13.0 Å². The molecule has 1 unspecified atom stereocenters. The monoisotopic (exact) mass is 516 g/mol. The van der Waals surface area contributed by atoms with Crippen LogP contribution in [0.3, 0.4) is 0 Å². The van der Waals surface area contributed by atoms with Crippen LogP contribution in [0, 0.1) is 18.3 Å². The third-order valence-electron chi connectivity index (χ3n) is 6.21. The molecule has 3 aromatic carbocycles. The molecule has 9 nitrogen and oxygen atoms in total. The van der Waals surface area contributed by atoms with Gasteiger partial charge >= 0.3 is 0 Å². The Balaban J connectivity index is 1.62. The van der Waals surface area contributed by atoms with Gasteiger partial charge in [-0.1, -0.05) is 29.8 Å². The van der Waals surface area contributed by atoms with Crippen LogP contribution in [-0.4, -0.2) is 43.6 Å². The fraction of sp³-hybridized carbons (Fsp3) is 0.185. The van der Waals surface area contributed by atoms with E-state index in [-0.39, 0.29) is 17.9 Å². The molecule has 4 rings (SSSR count). The van der Waals surface area contributed by atoms with Gasteiger partial charge in [-0.15, -0.1) is 0 Å². The summed E-state index contributed by atoms with van der Waals surface area (Å²) in [6.07, 6.45) is 0.137. The highest BCUT2D eigenvalue weighted by Gasteiger charge is 2.44. The van der Waals surface area contributed by atoms with Crippen molar-refractivity contribution in [1.29, 1.82) is 5.26 Å². The summed E-state index contributed by atoms with van der Waals surface area (Å²) in [6, 6.07) is 20.0. The lowest BCUT2D eigenvalue weighted by atomic mass is 10.1. The number of hydrogen-bond acceptors (Lipinski definition) is 6. The lowest BCUT2D eigenvalue weighted by molar-refractivity contribution is -0.122. The molecule has 10 heteroatoms. The van der Waals surface area contributed by atoms with Gasteiger partial charge in [-0.25, -0.2) is 18.5 Å². The second-order valence-corrected chi connectivity index (χ2v) is 10.3. The number of sulfonamides is 1. The molecule has 1 atom stereocenters. The summed E-state index contributed by atoms with van der Waals surface area (Å²) in [7, 11) is -3.84. The number of nitriles is 1. The van der Waals surface area contributed by atoms with E-state index in [0.29, 0.717) is 23.2 Å². The van der Waals surface area contributed by atoms with E-state index in [9.17, 15) is 22.8 Å². The summed E-state index contributed by atoms with van der Waals surface area (Å²) in [5, 5.41) is 14.2. The predicted molar refractivity (Wildman–Crippen MR) is 136 cm³/mol. The van der Waals surface area contributed by atoms with Crippen molar-refractivity contribution < 1.29 is 22.8 Å². The molecule has 1 saturated heterocycles. The van der Waals surface area contributed by atoms with Crippen molar-refractivity contribution in [2.24, 2.45) is 5.14 Å². The molecule has 0 aromatic heterocycles. The van der Waals surface area contributed by atoms with E-state index in [2.05, 4.69) is 0 Å². The van der Waals surface area contributed by atoms with Crippen molar-refractivity contribution in [3.63, 3.8) is 0 Å². The van der Waals surface area contributed by atoms with Crippen LogP contribution in [0.2, 0.25) is 0 Å². The minimum Gasteiger partial charge on any atom is -0.326 e. The maximum absolute atomic E-state index is 13.5. The molecule has 0 radical (unpaired) electrons. The molecular formula is C27H24N4O5S. The van der Waals surface area contributed by atoms with Crippen LogP contribution in [0.1, 0.15) is 33.5 Å². The molecule has 1 fully saturated rings. The summed E-state index contributed by atoms with van der Waals surface area (Å²) in [5.74, 6) is -1.37. The number of aryl methyl sites for hydroxylation is 1. The number of carbonyl (C=O) groups excluding carboxylic acids is 3. The van der Waals surface area contributed by atoms with E-state index in [0.717, 1.165) is 16.0 Å². The second-order valence-electron chi connectivity index (χ2n) is 8.75. The maximum atomic E-state index is 13.5. The Morgan fingerprint density at radius 3 is 2.22 bits per heavy atom. The molecule has 1 heterocycles. The number of primary sulfonamides is 1. The number of nitrogens with zero attached hydrogens (tertiary/aromatic N) is 3. The fourth-order valence-corrected chi connectivity index (χ4v) is 4.69. The molecule has 37 heavy (non-hydrogen) atoms. The van der Waals surface area contributed by atoms with Crippen LogP contribution in [0.25, 0.3) is 0 Å². The van der Waals surface area contributed by atoms with Crippen molar-refractivity contribution >= 4 is 33.4 Å². The third-order valence-corrected chi connectivity index (χ3v) is 7.14. The highest BCUT2D eigenvalue weighted by molar-refractivity contribution is 7.89. The number of hydrogen-bond donors (Lipinski definition) is 1. The number of rotatable bonds is 7. The van der Waals surface area contributed by atoms with E-state index in [4.69, 9.17) is 10.4 Å². The number of carbonyl (C=O) groups is 3. The van der Waals surface area contributed by atoms with Crippen LogP contribution < -0.4 is 10.0 Å². The Morgan fingerprint density at radius 1 is 1.03 bits per heavy atom. The lowest BCUT2D eigenvalue weighted by Gasteiger charge is -2.28. The van der Waals surface area contributed by atoms with Gasteiger partial charge in [-0.3, -0.25) is 14.4 Å². The largest absolute Gasteiger partial charge is 0.326 e. The number of anilines is 1. The second kappa shape index (κ2) is 10.3. The van der Waals surface area contributed by atoms with Crippen LogP contribution in [0.5, 0.6) is 0 Å². The third kappa shape index (κ3) is 5.58. The van der Waals surface area contributed by atoms with Gasteiger partial charge in [0.15, 0.2) is 0 Å². The molecule has 0 bridgehead atoms. The molecule has 0 saturated carbocycles. The van der Waals surface area contributed by atoms with Gasteiger partial charge in [-0.05, 0) is 67.4 Å². The standard InChI is InChI=1S/C27H24N4O5S/c1-18-2-8-21(9-3-18)26(33)30(15-14-19-6-12-23(13-7-19)37(29,35)36)24-16-25(32)31(27(24)34)22-10-4-20(17-28)5-11-22/h2-13,24H,14-16H2,1H3,(H2,29,35,36). The number of amides is 3. The van der Waals surface area contributed by atoms with Gasteiger partial charge < -0.3 is 4.90 Å². The molecule has 0 spiro atoms. The first-order valence-electron chi connectivity index (χ1n) is 11.4. The minimum absolute atomic E-state index is 0.0292. The molecule has 188 valence electrons. The molecule has 3 aromatic rings. The Hall–Kier alpha value is -4.33. The van der Waals surface area contributed by atoms with Gasteiger partial charge in [0.1, 0.15) is 6.04 Å². The summed E-state index contributed by atoms with van der Waals surface area (Å²) in [5.41, 5.74) is 2.81. The molecule has 1 aliphatic rings. The van der Waals surface area contributed by atoms with E-state index in [1.54, 1.807) is 36.4 Å². The topological polar surface area (TPSA) is 142 Å². The quantitative estimate of drug-likeness (QED) is 0.478. The van der Waals surface area contributed by atoms with Crippen molar-refractivity contribution in [1.82, 2.24) is 4.90 Å². The van der Waals surface area contributed by atoms with Crippen LogP contribution in [0.15, 0.2) is 77.7 Å². The van der Waals surface area contributed by atoms with E-state index >= 15 is 0 Å². The Kier molecular flexibility index (Phi) is 7.20. The summed E-state index contributed by atoms with van der Waals surface area (Å²) >= 11 is 0. The first-order valence-corrected chi connectivity index (χ1v) is 13.0. The Morgan fingerprint density at radius 2 is 1.65 bits per heavy atom. The number of imide groups is 1. The smallest absolute Gasteiger partial charge is 0.257 e. The number of benzene rings is 3. The van der Waals surface area contributed by atoms with Gasteiger partial charge in [0.05, 0.1) is 28.6 Å². The molecule has 3 amide bonds. The van der Waals surface area contributed by atoms with Crippen molar-refractivity contribution in [3.05, 3.63) is 95.1 Å². The van der Waals surface area contributed by atoms with Crippen LogP contribution in [0.4, 0.5) is 5.69 Å². The predicted octanol–water partition coefficient (Wildman–Crippen LogP) is 2.53. The SMILES string of the molecule is Cc1ccc(C(=O)N(CCc2ccc(S(N)(=O)=O)cc2)C2CC(=O)N(c3ccc(C#N)cc3)C2=O)cc1. The summed E-state index contributed by atoms with van der Waals surface area (Å²) in [4.78, 5) is 42.3. The van der Waals surface area contributed by atoms with Crippen molar-refractivity contribution in [2.45, 2.75) is 30.7 Å². The van der Waals surface area contributed by atoms with Crippen LogP contribution >= 0.6 is 0 Å². The molecule has 2 N–H and O–H groups in total. The molecule has 1 aliphatic heterocycles. The Bertz CT molecular complexity index is 1490. The molecular weight excluding hydrogens is 492 g/mol. The summed E-state index contributed by atoms with van der Waals surface area (Å²) in [6.45, 7) is 2.01. The maximum Gasteiger partial charge on any atom is 0.257 e. The van der Waals surface area contributed by atoms with E-state index < -0.39 is 33.8 Å². The van der Waals surface area contributed by atoms with E-state index in [1.165, 1.54) is 41.3 Å². The lowest BCUT2D eigenvalue weighted by Crippen LogP contribution is -2.46. The average Bonchev–Trinajstić information content (AvgIpc) is 3.17. The minimum atomic E-state index is -3.84. The molecule has 0 aliphatic carbocycles. The average molecular weight is 517 g/mol. The summed E-state index contributed by atoms with van der Waals surface area (Å²) < 4.78 is 23.1. The number of nitrogens with two attached hydrogens (primary N) is 1. The highest BCUT2D eigenvalue weighted by atomic mass is 32.2. The highest BCUT2D eigenvalue weighted by Crippen LogP contribution is 2.27. The van der Waals surface area contributed by atoms with Crippen molar-refractivity contribution in [3.8, 4) is 6.07 Å². The fourth-order valence-electron chi connectivity index (χ4n) is 4.17. The van der Waals surface area contributed by atoms with Crippen LogP contribution in [-0.2, 0) is 26.0 Å². The first-order chi connectivity index (χ1) is 17.6. The zero-order valence-electron chi connectivity index (χ0n) is 20.0. The van der Waals surface area contributed by atoms with Gasteiger partial charge in [0.25, 0.3) is 11.8 Å². The van der Waals surface area contributed by atoms with Gasteiger partial charge in [-0.2, -0.15) is 5.26 Å². The normalized spacial score (nSPS) is 15.5. The first kappa shape index (κ1) is 25.8. The van der Waals surface area contributed by atoms with Gasteiger partial charge in [0, 0.05) is 12.1 Å². The Labute approximate surface area is 214 Å². The zero-order chi connectivity index (χ0) is 26.7. The zero-order valence-corrected chi connectivity index (χ0v) is 20.8.